The predicted octanol–water partition coefficient (Wildman–Crippen LogP) is -2.36. The third-order valence-electron chi connectivity index (χ3n) is 4.05. The Morgan fingerprint density at radius 1 is 1.35 bits per heavy atom. The number of quaternary nitrogens is 1. The molecule has 1 aliphatic rings. The molecule has 0 saturated heterocycles. The van der Waals surface area contributed by atoms with Gasteiger partial charge in [0, 0.05) is 12.1 Å². The van der Waals surface area contributed by atoms with E-state index in [0.717, 1.165) is 19.6 Å². The van der Waals surface area contributed by atoms with Gasteiger partial charge in [0.05, 0.1) is 36.8 Å². The summed E-state index contributed by atoms with van der Waals surface area (Å²) >= 11 is 0. The monoisotopic (exact) mass is 343 g/mol. The van der Waals surface area contributed by atoms with Gasteiger partial charge in [0.1, 0.15) is 5.75 Å². The van der Waals surface area contributed by atoms with Crippen LogP contribution in [0.3, 0.4) is 0 Å². The number of carbonyl (C=O) groups is 1. The maximum atomic E-state index is 12.4. The van der Waals surface area contributed by atoms with E-state index in [1.54, 1.807) is 17.9 Å². The second-order valence-corrected chi connectivity index (χ2v) is 5.37. The standard InChI is InChI=1S/C15H21N3O4.ClH/c1-4-16(5-2)8-9-17-13-10-12(18(20)21)6-7-14(13)22-11(3)15(17)19;/h6-7,10-11H,4-5,8-9H2,1-3H3;1H. The number of ether oxygens (including phenoxy) is 1. The number of nitro groups is 1. The van der Waals surface area contributed by atoms with Gasteiger partial charge >= 0.3 is 0 Å². The van der Waals surface area contributed by atoms with Gasteiger partial charge in [0.2, 0.25) is 0 Å². The summed E-state index contributed by atoms with van der Waals surface area (Å²) in [5.41, 5.74) is 0.453. The molecule has 1 N–H and O–H groups in total. The highest BCUT2D eigenvalue weighted by atomic mass is 35.5. The summed E-state index contributed by atoms with van der Waals surface area (Å²) in [4.78, 5) is 25.9. The molecule has 1 aromatic rings. The first-order chi connectivity index (χ1) is 10.5. The first-order valence-electron chi connectivity index (χ1n) is 7.58. The van der Waals surface area contributed by atoms with E-state index in [0.29, 0.717) is 18.0 Å². The highest BCUT2D eigenvalue weighted by Gasteiger charge is 2.33. The number of nitrogens with one attached hydrogen (secondary N) is 1. The van der Waals surface area contributed by atoms with Crippen LogP contribution in [0.5, 0.6) is 5.75 Å². The number of likely N-dealkylation sites (N-methyl/N-ethyl adjacent to an activating group) is 1. The fourth-order valence-electron chi connectivity index (χ4n) is 2.61. The molecule has 0 aliphatic carbocycles. The Morgan fingerprint density at radius 2 is 2.00 bits per heavy atom. The van der Waals surface area contributed by atoms with Gasteiger partial charge in [-0.05, 0) is 26.8 Å². The largest absolute Gasteiger partial charge is 1.00 e. The zero-order chi connectivity index (χ0) is 16.3. The number of hydrogen-bond acceptors (Lipinski definition) is 4. The summed E-state index contributed by atoms with van der Waals surface area (Å²) in [6.45, 7) is 9.18. The van der Waals surface area contributed by atoms with Crippen LogP contribution in [0.4, 0.5) is 11.4 Å². The Morgan fingerprint density at radius 3 is 2.57 bits per heavy atom. The molecule has 0 fully saturated rings. The number of halogens is 1. The lowest BCUT2D eigenvalue weighted by Gasteiger charge is -2.33. The van der Waals surface area contributed by atoms with Crippen LogP contribution in [0, 0.1) is 10.1 Å². The zero-order valence-electron chi connectivity index (χ0n) is 13.5. The van der Waals surface area contributed by atoms with Crippen molar-refractivity contribution in [3.63, 3.8) is 0 Å². The Bertz CT molecular complexity index is 578. The van der Waals surface area contributed by atoms with Crippen molar-refractivity contribution in [3.8, 4) is 5.75 Å². The summed E-state index contributed by atoms with van der Waals surface area (Å²) in [5.74, 6) is 0.367. The molecule has 128 valence electrons. The third-order valence-corrected chi connectivity index (χ3v) is 4.05. The van der Waals surface area contributed by atoms with E-state index >= 15 is 0 Å². The van der Waals surface area contributed by atoms with Gasteiger partial charge in [0.15, 0.2) is 6.10 Å². The molecule has 0 saturated carbocycles. The van der Waals surface area contributed by atoms with Gasteiger partial charge in [-0.3, -0.25) is 19.8 Å². The van der Waals surface area contributed by atoms with Gasteiger partial charge in [-0.15, -0.1) is 0 Å². The number of nitrogens with zero attached hydrogens (tertiary/aromatic N) is 2. The Hall–Kier alpha value is -1.86. The molecule has 0 bridgehead atoms. The van der Waals surface area contributed by atoms with Crippen LogP contribution in [0.15, 0.2) is 18.2 Å². The molecule has 0 aromatic heterocycles. The number of hydrogen-bond donors (Lipinski definition) is 1. The predicted molar refractivity (Wildman–Crippen MR) is 82.5 cm³/mol. The van der Waals surface area contributed by atoms with Crippen molar-refractivity contribution in [1.82, 2.24) is 0 Å². The number of benzene rings is 1. The van der Waals surface area contributed by atoms with Crippen molar-refractivity contribution >= 4 is 17.3 Å². The maximum Gasteiger partial charge on any atom is 0.271 e. The van der Waals surface area contributed by atoms with Crippen molar-refractivity contribution in [1.29, 1.82) is 0 Å². The Kier molecular flexibility index (Phi) is 6.78. The molecule has 2 rings (SSSR count). The van der Waals surface area contributed by atoms with E-state index in [9.17, 15) is 14.9 Å². The van der Waals surface area contributed by atoms with Gasteiger partial charge in [-0.2, -0.15) is 0 Å². The van der Waals surface area contributed by atoms with Crippen molar-refractivity contribution in [3.05, 3.63) is 28.3 Å². The smallest absolute Gasteiger partial charge is 0.271 e. The topological polar surface area (TPSA) is 77.1 Å². The van der Waals surface area contributed by atoms with Crippen molar-refractivity contribution in [2.75, 3.05) is 31.1 Å². The lowest BCUT2D eigenvalue weighted by Crippen LogP contribution is -3.12. The van der Waals surface area contributed by atoms with E-state index in [1.807, 2.05) is 0 Å². The van der Waals surface area contributed by atoms with Crippen LogP contribution in [0.2, 0.25) is 0 Å². The van der Waals surface area contributed by atoms with E-state index in [2.05, 4.69) is 13.8 Å². The molecule has 23 heavy (non-hydrogen) atoms. The SMILES string of the molecule is CC[NH+](CC)CCN1C(=O)C(C)Oc2ccc([N+](=O)[O-])cc21.[Cl-]. The number of carbonyl (C=O) groups excluding carboxylic acids is 1. The molecular formula is C15H22ClN3O4. The van der Waals surface area contributed by atoms with E-state index in [4.69, 9.17) is 4.74 Å². The number of anilines is 1. The van der Waals surface area contributed by atoms with Crippen LogP contribution in [0.25, 0.3) is 0 Å². The summed E-state index contributed by atoms with van der Waals surface area (Å²) in [6, 6.07) is 4.37. The van der Waals surface area contributed by atoms with Crippen molar-refractivity contribution in [2.45, 2.75) is 26.9 Å². The molecule has 1 atom stereocenters. The zero-order valence-corrected chi connectivity index (χ0v) is 14.3. The minimum absolute atomic E-state index is 0. The molecule has 0 radical (unpaired) electrons. The molecule has 1 amide bonds. The minimum Gasteiger partial charge on any atom is -1.00 e. The Labute approximate surface area is 141 Å². The summed E-state index contributed by atoms with van der Waals surface area (Å²) in [5, 5.41) is 11.0. The molecule has 1 aliphatic heterocycles. The first kappa shape index (κ1) is 19.2. The molecule has 1 aromatic carbocycles. The second-order valence-electron chi connectivity index (χ2n) is 5.37. The van der Waals surface area contributed by atoms with Crippen molar-refractivity contribution < 1.29 is 31.8 Å². The van der Waals surface area contributed by atoms with Crippen LogP contribution >= 0.6 is 0 Å². The average Bonchev–Trinajstić information content (AvgIpc) is 2.51. The first-order valence-corrected chi connectivity index (χ1v) is 7.58. The summed E-state index contributed by atoms with van der Waals surface area (Å²) in [6.07, 6.45) is -0.569. The van der Waals surface area contributed by atoms with Crippen molar-refractivity contribution in [2.24, 2.45) is 0 Å². The normalized spacial score (nSPS) is 16.6. The van der Waals surface area contributed by atoms with E-state index in [-0.39, 0.29) is 24.0 Å². The molecule has 1 unspecified atom stereocenters. The molecule has 0 spiro atoms. The van der Waals surface area contributed by atoms with Crippen LogP contribution < -0.4 is 26.9 Å². The highest BCUT2D eigenvalue weighted by molar-refractivity contribution is 6.00. The van der Waals surface area contributed by atoms with Crippen LogP contribution in [-0.2, 0) is 4.79 Å². The van der Waals surface area contributed by atoms with E-state index < -0.39 is 11.0 Å². The van der Waals surface area contributed by atoms with Gasteiger partial charge in [-0.1, -0.05) is 0 Å². The lowest BCUT2D eigenvalue weighted by molar-refractivity contribution is -0.894. The maximum absolute atomic E-state index is 12.4. The summed E-state index contributed by atoms with van der Waals surface area (Å²) in [7, 11) is 0. The fraction of sp³-hybridized carbons (Fsp3) is 0.533. The Balaban J connectivity index is 0.00000264. The molecular weight excluding hydrogens is 322 g/mol. The average molecular weight is 344 g/mol. The summed E-state index contributed by atoms with van der Waals surface area (Å²) < 4.78 is 5.55. The third kappa shape index (κ3) is 4.11. The molecule has 8 heteroatoms. The minimum atomic E-state index is -0.569. The number of rotatable bonds is 6. The number of nitro benzene ring substituents is 1. The molecule has 7 nitrogen and oxygen atoms in total. The van der Waals surface area contributed by atoms with Gasteiger partial charge in [-0.25, -0.2) is 0 Å². The lowest BCUT2D eigenvalue weighted by atomic mass is 10.1. The van der Waals surface area contributed by atoms with Crippen LogP contribution in [-0.4, -0.2) is 43.1 Å². The fourth-order valence-corrected chi connectivity index (χ4v) is 2.61. The van der Waals surface area contributed by atoms with E-state index in [1.165, 1.54) is 17.0 Å². The second kappa shape index (κ2) is 8.12. The number of amides is 1. The van der Waals surface area contributed by atoms with Crippen LogP contribution in [0.1, 0.15) is 20.8 Å². The van der Waals surface area contributed by atoms with Gasteiger partial charge < -0.3 is 22.0 Å². The van der Waals surface area contributed by atoms with Gasteiger partial charge in [0.25, 0.3) is 11.6 Å². The highest BCUT2D eigenvalue weighted by Crippen LogP contribution is 2.36. The molecule has 1 heterocycles. The number of non-ortho nitro benzene ring substituents is 1. The number of fused-ring (bicyclic) bond motifs is 1. The quantitative estimate of drug-likeness (QED) is 0.463.